The second-order valence-corrected chi connectivity index (χ2v) is 4.76. The number of carboxylic acids is 1. The minimum Gasteiger partial charge on any atom is -0.481 e. The van der Waals surface area contributed by atoms with Crippen LogP contribution in [0.2, 0.25) is 0 Å². The first-order chi connectivity index (χ1) is 9.95. The molecule has 1 aromatic rings. The molecule has 0 saturated heterocycles. The van der Waals surface area contributed by atoms with Gasteiger partial charge < -0.3 is 20.5 Å². The monoisotopic (exact) mass is 292 g/mol. The lowest BCUT2D eigenvalue weighted by atomic mass is 10.2. The second kappa shape index (κ2) is 6.25. The van der Waals surface area contributed by atoms with Crippen LogP contribution < -0.4 is 15.4 Å². The molecule has 0 fully saturated rings. The quantitative estimate of drug-likeness (QED) is 0.764. The van der Waals surface area contributed by atoms with Gasteiger partial charge in [-0.15, -0.1) is 0 Å². The van der Waals surface area contributed by atoms with Crippen LogP contribution in [0.15, 0.2) is 18.2 Å². The lowest BCUT2D eigenvalue weighted by Gasteiger charge is -2.23. The Morgan fingerprint density at radius 1 is 1.38 bits per heavy atom. The number of amides is 2. The van der Waals surface area contributed by atoms with Crippen LogP contribution in [-0.4, -0.2) is 29.0 Å². The van der Waals surface area contributed by atoms with Gasteiger partial charge in [-0.05, 0) is 31.5 Å². The van der Waals surface area contributed by atoms with Gasteiger partial charge in [-0.1, -0.05) is 0 Å². The first-order valence-electron chi connectivity index (χ1n) is 6.59. The van der Waals surface area contributed by atoms with E-state index < -0.39 is 12.1 Å². The maximum atomic E-state index is 11.7. The molecule has 0 bridgehead atoms. The first-order valence-corrected chi connectivity index (χ1v) is 6.59. The van der Waals surface area contributed by atoms with Crippen LogP contribution in [0, 0.1) is 0 Å². The Labute approximate surface area is 121 Å². The fourth-order valence-corrected chi connectivity index (χ4v) is 1.91. The highest BCUT2D eigenvalue weighted by Crippen LogP contribution is 2.32. The van der Waals surface area contributed by atoms with E-state index in [0.29, 0.717) is 17.1 Å². The number of hydrogen-bond acceptors (Lipinski definition) is 4. The van der Waals surface area contributed by atoms with Gasteiger partial charge in [-0.2, -0.15) is 0 Å². The van der Waals surface area contributed by atoms with Crippen LogP contribution in [0.25, 0.3) is 0 Å². The lowest BCUT2D eigenvalue weighted by molar-refractivity contribution is -0.137. The summed E-state index contributed by atoms with van der Waals surface area (Å²) in [6, 6.07) is 4.93. The Bertz CT molecular complexity index is 585. The number of carbonyl (C=O) groups excluding carboxylic acids is 2. The van der Waals surface area contributed by atoms with E-state index >= 15 is 0 Å². The predicted octanol–water partition coefficient (Wildman–Crippen LogP) is 1.60. The third-order valence-corrected chi connectivity index (χ3v) is 2.99. The number of hydrogen-bond donors (Lipinski definition) is 3. The molecule has 0 spiro atoms. The fraction of sp³-hybridized carbons (Fsp3) is 0.357. The molecule has 1 atom stereocenters. The van der Waals surface area contributed by atoms with Crippen LogP contribution in [-0.2, 0) is 14.4 Å². The minimum absolute atomic E-state index is 0.0423. The number of anilines is 2. The maximum absolute atomic E-state index is 11.7. The number of fused-ring (bicyclic) bond motifs is 1. The largest absolute Gasteiger partial charge is 0.481 e. The number of aliphatic carboxylic acids is 1. The Hall–Kier alpha value is -2.57. The first kappa shape index (κ1) is 14.8. The van der Waals surface area contributed by atoms with Gasteiger partial charge in [-0.25, -0.2) is 0 Å². The van der Waals surface area contributed by atoms with Crippen molar-refractivity contribution in [1.82, 2.24) is 0 Å². The van der Waals surface area contributed by atoms with Crippen LogP contribution in [0.5, 0.6) is 5.75 Å². The molecule has 0 aliphatic carbocycles. The molecule has 112 valence electrons. The van der Waals surface area contributed by atoms with Crippen LogP contribution >= 0.6 is 0 Å². The van der Waals surface area contributed by atoms with Crippen molar-refractivity contribution in [3.63, 3.8) is 0 Å². The summed E-state index contributed by atoms with van der Waals surface area (Å²) in [6.45, 7) is 1.65. The molecule has 7 nitrogen and oxygen atoms in total. The van der Waals surface area contributed by atoms with Gasteiger partial charge in [0.2, 0.25) is 5.91 Å². The van der Waals surface area contributed by atoms with E-state index in [1.54, 1.807) is 25.1 Å². The van der Waals surface area contributed by atoms with E-state index in [-0.39, 0.29) is 31.1 Å². The van der Waals surface area contributed by atoms with Gasteiger partial charge in [0, 0.05) is 18.5 Å². The van der Waals surface area contributed by atoms with Crippen molar-refractivity contribution >= 4 is 29.2 Å². The SMILES string of the molecule is CC1Oc2ccc(NC(=O)CCCC(=O)O)cc2NC1=O. The summed E-state index contributed by atoms with van der Waals surface area (Å²) >= 11 is 0. The summed E-state index contributed by atoms with van der Waals surface area (Å²) in [5, 5.41) is 13.9. The molecule has 7 heteroatoms. The Morgan fingerprint density at radius 3 is 2.86 bits per heavy atom. The standard InChI is InChI=1S/C14H16N2O5/c1-8-14(20)16-10-7-9(5-6-11(10)21-8)15-12(17)3-2-4-13(18)19/h5-8H,2-4H2,1H3,(H,15,17)(H,16,20)(H,18,19). The van der Waals surface area contributed by atoms with E-state index in [9.17, 15) is 14.4 Å². The third kappa shape index (κ3) is 3.95. The smallest absolute Gasteiger partial charge is 0.303 e. The summed E-state index contributed by atoms with van der Waals surface area (Å²) < 4.78 is 5.41. The molecule has 21 heavy (non-hydrogen) atoms. The zero-order valence-corrected chi connectivity index (χ0v) is 11.5. The van der Waals surface area contributed by atoms with E-state index in [4.69, 9.17) is 9.84 Å². The van der Waals surface area contributed by atoms with E-state index in [2.05, 4.69) is 10.6 Å². The number of rotatable bonds is 5. The third-order valence-electron chi connectivity index (χ3n) is 2.99. The van der Waals surface area contributed by atoms with Crippen LogP contribution in [0.1, 0.15) is 26.2 Å². The summed E-state index contributed by atoms with van der Waals surface area (Å²) in [6.07, 6.45) is -0.180. The molecule has 0 radical (unpaired) electrons. The van der Waals surface area contributed by atoms with Gasteiger partial charge in [0.05, 0.1) is 5.69 Å². The maximum Gasteiger partial charge on any atom is 0.303 e. The summed E-state index contributed by atoms with van der Waals surface area (Å²) in [5.41, 5.74) is 1.02. The summed E-state index contributed by atoms with van der Waals surface area (Å²) in [4.78, 5) is 33.5. The molecule has 1 aliphatic rings. The molecule has 1 unspecified atom stereocenters. The molecule has 2 rings (SSSR count). The van der Waals surface area contributed by atoms with Crippen molar-refractivity contribution < 1.29 is 24.2 Å². The van der Waals surface area contributed by atoms with E-state index in [0.717, 1.165) is 0 Å². The summed E-state index contributed by atoms with van der Waals surface area (Å²) in [7, 11) is 0. The second-order valence-electron chi connectivity index (χ2n) is 4.76. The highest BCUT2D eigenvalue weighted by Gasteiger charge is 2.23. The number of ether oxygens (including phenoxy) is 1. The topological polar surface area (TPSA) is 105 Å². The molecule has 1 aromatic carbocycles. The zero-order valence-electron chi connectivity index (χ0n) is 11.5. The van der Waals surface area contributed by atoms with Gasteiger partial charge >= 0.3 is 5.97 Å². The van der Waals surface area contributed by atoms with E-state index in [1.165, 1.54) is 0 Å². The normalized spacial score (nSPS) is 16.4. The van der Waals surface area contributed by atoms with Crippen molar-refractivity contribution in [3.8, 4) is 5.75 Å². The number of nitrogens with one attached hydrogen (secondary N) is 2. The Morgan fingerprint density at radius 2 is 2.14 bits per heavy atom. The number of benzene rings is 1. The summed E-state index contributed by atoms with van der Waals surface area (Å²) in [5.74, 6) is -0.892. The minimum atomic E-state index is -0.925. The molecular weight excluding hydrogens is 276 g/mol. The molecule has 1 aliphatic heterocycles. The van der Waals surface area contributed by atoms with Gasteiger partial charge in [0.1, 0.15) is 5.75 Å². The van der Waals surface area contributed by atoms with Crippen molar-refractivity contribution in [1.29, 1.82) is 0 Å². The molecular formula is C14H16N2O5. The molecule has 2 amide bonds. The molecule has 1 heterocycles. The highest BCUT2D eigenvalue weighted by atomic mass is 16.5. The molecule has 0 aromatic heterocycles. The Balaban J connectivity index is 1.96. The lowest BCUT2D eigenvalue weighted by Crippen LogP contribution is -2.34. The average Bonchev–Trinajstić information content (AvgIpc) is 2.40. The van der Waals surface area contributed by atoms with Crippen molar-refractivity contribution in [2.45, 2.75) is 32.3 Å². The van der Waals surface area contributed by atoms with Crippen molar-refractivity contribution in [2.24, 2.45) is 0 Å². The predicted molar refractivity (Wildman–Crippen MR) is 75.3 cm³/mol. The van der Waals surface area contributed by atoms with Gasteiger partial charge in [0.25, 0.3) is 5.91 Å². The fourth-order valence-electron chi connectivity index (χ4n) is 1.91. The zero-order chi connectivity index (χ0) is 15.4. The van der Waals surface area contributed by atoms with Crippen LogP contribution in [0.4, 0.5) is 11.4 Å². The van der Waals surface area contributed by atoms with E-state index in [1.807, 2.05) is 0 Å². The average molecular weight is 292 g/mol. The van der Waals surface area contributed by atoms with Gasteiger partial charge in [0.15, 0.2) is 6.10 Å². The number of carbonyl (C=O) groups is 3. The Kier molecular flexibility index (Phi) is 4.42. The number of carboxylic acid groups (broad SMARTS) is 1. The van der Waals surface area contributed by atoms with Gasteiger partial charge in [-0.3, -0.25) is 14.4 Å². The molecule has 3 N–H and O–H groups in total. The van der Waals surface area contributed by atoms with Crippen molar-refractivity contribution in [3.05, 3.63) is 18.2 Å². The highest BCUT2D eigenvalue weighted by molar-refractivity contribution is 5.99. The van der Waals surface area contributed by atoms with Crippen LogP contribution in [0.3, 0.4) is 0 Å². The molecule has 0 saturated carbocycles. The van der Waals surface area contributed by atoms with Crippen molar-refractivity contribution in [2.75, 3.05) is 10.6 Å².